The number of hydrogen-bond acceptors (Lipinski definition) is 1. The summed E-state index contributed by atoms with van der Waals surface area (Å²) in [6, 6.07) is 0. The molecule has 1 rings (SSSR count). The molecule has 0 aromatic heterocycles. The summed E-state index contributed by atoms with van der Waals surface area (Å²) in [5, 5.41) is 0.267. The van der Waals surface area contributed by atoms with Gasteiger partial charge in [-0.1, -0.05) is 6.92 Å². The molecule has 2 atom stereocenters. The minimum Gasteiger partial charge on any atom is -0.377 e. The first-order valence-electron chi connectivity index (χ1n) is 3.60. The average Bonchev–Trinajstić information content (AvgIpc) is 1.89. The second kappa shape index (κ2) is 3.43. The third kappa shape index (κ3) is 1.84. The predicted octanol–water partition coefficient (Wildman–Crippen LogP) is 2.18. The van der Waals surface area contributed by atoms with Crippen molar-refractivity contribution in [3.05, 3.63) is 0 Å². The topological polar surface area (TPSA) is 9.23 Å². The van der Waals surface area contributed by atoms with E-state index < -0.39 is 0 Å². The molecule has 0 aromatic rings. The fourth-order valence-electron chi connectivity index (χ4n) is 1.18. The minimum atomic E-state index is 0.267. The molecule has 1 aliphatic heterocycles. The zero-order chi connectivity index (χ0) is 6.69. The smallest absolute Gasteiger partial charge is 0.0735 e. The van der Waals surface area contributed by atoms with Crippen molar-refractivity contribution in [1.29, 1.82) is 0 Å². The molecular weight excluding hydrogens is 136 g/mol. The van der Waals surface area contributed by atoms with Crippen LogP contribution in [0.15, 0.2) is 0 Å². The van der Waals surface area contributed by atoms with E-state index in [1.54, 1.807) is 0 Å². The Bertz CT molecular complexity index is 85.0. The molecule has 0 radical (unpaired) electrons. The first-order valence-corrected chi connectivity index (χ1v) is 4.04. The van der Waals surface area contributed by atoms with Gasteiger partial charge >= 0.3 is 0 Å². The Morgan fingerprint density at radius 2 is 2.44 bits per heavy atom. The van der Waals surface area contributed by atoms with E-state index in [1.807, 2.05) is 0 Å². The van der Waals surface area contributed by atoms with Crippen molar-refractivity contribution in [2.75, 3.05) is 6.61 Å². The van der Waals surface area contributed by atoms with Gasteiger partial charge in [0, 0.05) is 6.61 Å². The summed E-state index contributed by atoms with van der Waals surface area (Å²) in [5.74, 6) is 0. The van der Waals surface area contributed by atoms with Crippen LogP contribution in [-0.2, 0) is 4.74 Å². The van der Waals surface area contributed by atoms with E-state index in [0.29, 0.717) is 6.10 Å². The van der Waals surface area contributed by atoms with Crippen LogP contribution in [0, 0.1) is 0 Å². The maximum Gasteiger partial charge on any atom is 0.0735 e. The molecule has 1 fully saturated rings. The van der Waals surface area contributed by atoms with E-state index >= 15 is 0 Å². The average molecular weight is 149 g/mol. The van der Waals surface area contributed by atoms with Crippen molar-refractivity contribution in [2.45, 2.75) is 37.7 Å². The lowest BCUT2D eigenvalue weighted by atomic mass is 10.1. The van der Waals surface area contributed by atoms with Crippen molar-refractivity contribution < 1.29 is 4.74 Å². The summed E-state index contributed by atoms with van der Waals surface area (Å²) < 4.78 is 5.41. The highest BCUT2D eigenvalue weighted by atomic mass is 35.5. The molecule has 0 spiro atoms. The van der Waals surface area contributed by atoms with Crippen molar-refractivity contribution >= 4 is 11.6 Å². The van der Waals surface area contributed by atoms with Gasteiger partial charge < -0.3 is 4.74 Å². The highest BCUT2D eigenvalue weighted by Crippen LogP contribution is 2.20. The number of ether oxygens (including phenoxy) is 1. The standard InChI is InChI=1S/C7H13ClO/c1-2-7-6(8)4-3-5-9-7/h6-7H,2-5H2,1H3/t6-,7-/m0/s1. The molecule has 0 aliphatic carbocycles. The van der Waals surface area contributed by atoms with E-state index in [2.05, 4.69) is 6.92 Å². The van der Waals surface area contributed by atoms with Gasteiger partial charge in [-0.15, -0.1) is 11.6 Å². The molecule has 2 heteroatoms. The lowest BCUT2D eigenvalue weighted by molar-refractivity contribution is 0.0176. The molecule has 1 aliphatic rings. The summed E-state index contributed by atoms with van der Waals surface area (Å²) in [5.41, 5.74) is 0. The first kappa shape index (κ1) is 7.36. The number of rotatable bonds is 1. The Hall–Kier alpha value is 0.250. The van der Waals surface area contributed by atoms with E-state index in [9.17, 15) is 0 Å². The Balaban J connectivity index is 2.30. The lowest BCUT2D eigenvalue weighted by Gasteiger charge is -2.26. The van der Waals surface area contributed by atoms with Crippen molar-refractivity contribution in [1.82, 2.24) is 0 Å². The Morgan fingerprint density at radius 1 is 1.67 bits per heavy atom. The van der Waals surface area contributed by atoms with E-state index in [1.165, 1.54) is 0 Å². The second-order valence-corrected chi connectivity index (χ2v) is 3.04. The minimum absolute atomic E-state index is 0.267. The number of alkyl halides is 1. The summed E-state index contributed by atoms with van der Waals surface area (Å²) in [7, 11) is 0. The van der Waals surface area contributed by atoms with Gasteiger partial charge in [0.2, 0.25) is 0 Å². The second-order valence-electron chi connectivity index (χ2n) is 2.48. The summed E-state index contributed by atoms with van der Waals surface area (Å²) >= 11 is 5.96. The van der Waals surface area contributed by atoms with Gasteiger partial charge in [0.1, 0.15) is 0 Å². The maximum atomic E-state index is 5.96. The summed E-state index contributed by atoms with van der Waals surface area (Å²) in [4.78, 5) is 0. The van der Waals surface area contributed by atoms with Crippen molar-refractivity contribution in [3.8, 4) is 0 Å². The van der Waals surface area contributed by atoms with E-state index in [4.69, 9.17) is 16.3 Å². The third-order valence-corrected chi connectivity index (χ3v) is 2.26. The van der Waals surface area contributed by atoms with E-state index in [-0.39, 0.29) is 5.38 Å². The molecule has 0 aromatic carbocycles. The third-order valence-electron chi connectivity index (χ3n) is 1.76. The fraction of sp³-hybridized carbons (Fsp3) is 1.00. The van der Waals surface area contributed by atoms with Crippen LogP contribution >= 0.6 is 11.6 Å². The molecule has 0 saturated carbocycles. The SMILES string of the molecule is CC[C@@H]1OCCC[C@@H]1Cl. The van der Waals surface area contributed by atoms with Crippen molar-refractivity contribution in [2.24, 2.45) is 0 Å². The summed E-state index contributed by atoms with van der Waals surface area (Å²) in [6.07, 6.45) is 3.62. The van der Waals surface area contributed by atoms with Gasteiger partial charge in [-0.2, -0.15) is 0 Å². The molecule has 1 heterocycles. The molecule has 0 N–H and O–H groups in total. The van der Waals surface area contributed by atoms with Crippen LogP contribution < -0.4 is 0 Å². The molecule has 0 amide bonds. The van der Waals surface area contributed by atoms with Gasteiger partial charge in [-0.25, -0.2) is 0 Å². The number of hydrogen-bond donors (Lipinski definition) is 0. The first-order chi connectivity index (χ1) is 4.34. The largest absolute Gasteiger partial charge is 0.377 e. The number of halogens is 1. The maximum absolute atomic E-state index is 5.96. The Labute approximate surface area is 61.3 Å². The van der Waals surface area contributed by atoms with Gasteiger partial charge in [-0.05, 0) is 19.3 Å². The van der Waals surface area contributed by atoms with Crippen LogP contribution in [-0.4, -0.2) is 18.1 Å². The highest BCUT2D eigenvalue weighted by molar-refractivity contribution is 6.21. The molecule has 54 valence electrons. The zero-order valence-electron chi connectivity index (χ0n) is 5.77. The van der Waals surface area contributed by atoms with Gasteiger partial charge in [0.15, 0.2) is 0 Å². The summed E-state index contributed by atoms with van der Waals surface area (Å²) in [6.45, 7) is 3.02. The Morgan fingerprint density at radius 3 is 2.89 bits per heavy atom. The van der Waals surface area contributed by atoms with E-state index in [0.717, 1.165) is 25.9 Å². The molecular formula is C7H13ClO. The van der Waals surface area contributed by atoms with Crippen LogP contribution in [0.3, 0.4) is 0 Å². The molecule has 1 nitrogen and oxygen atoms in total. The fourth-order valence-corrected chi connectivity index (χ4v) is 1.58. The normalized spacial score (nSPS) is 36.7. The zero-order valence-corrected chi connectivity index (χ0v) is 6.53. The van der Waals surface area contributed by atoms with Gasteiger partial charge in [-0.3, -0.25) is 0 Å². The quantitative estimate of drug-likeness (QED) is 0.518. The monoisotopic (exact) mass is 148 g/mol. The van der Waals surface area contributed by atoms with Crippen LogP contribution in [0.2, 0.25) is 0 Å². The van der Waals surface area contributed by atoms with Crippen LogP contribution in [0.4, 0.5) is 0 Å². The molecule has 0 bridgehead atoms. The highest BCUT2D eigenvalue weighted by Gasteiger charge is 2.21. The molecule has 1 saturated heterocycles. The van der Waals surface area contributed by atoms with Crippen LogP contribution in [0.25, 0.3) is 0 Å². The van der Waals surface area contributed by atoms with Crippen molar-refractivity contribution in [3.63, 3.8) is 0 Å². The molecule has 9 heavy (non-hydrogen) atoms. The van der Waals surface area contributed by atoms with Gasteiger partial charge in [0.05, 0.1) is 11.5 Å². The lowest BCUT2D eigenvalue weighted by Crippen LogP contribution is -2.29. The van der Waals surface area contributed by atoms with Crippen LogP contribution in [0.1, 0.15) is 26.2 Å². The van der Waals surface area contributed by atoms with Gasteiger partial charge in [0.25, 0.3) is 0 Å². The predicted molar refractivity (Wildman–Crippen MR) is 38.9 cm³/mol. The molecule has 0 unspecified atom stereocenters. The Kier molecular flexibility index (Phi) is 2.80. The van der Waals surface area contributed by atoms with Crippen LogP contribution in [0.5, 0.6) is 0 Å².